The maximum Gasteiger partial charge on any atom is 0.0242 e. The molecular formula is C38H40. The highest BCUT2D eigenvalue weighted by atomic mass is 14.3. The standard InChI is InChI=1S/C38H40/c1-5-30-11-13-32(14-12-30)26-33-15-18-35(19-16-33)38(29(4)25-31-9-6-27(2)7-10-31)36-22-20-34(21-23-36)37-17-8-28(3)24-37/h1,6-14,17,20-24,28,33,35,38H,4,15-16,18-19,25-26H2,2-3H3. The molecule has 0 aliphatic heterocycles. The van der Waals surface area contributed by atoms with Gasteiger partial charge in [0.2, 0.25) is 0 Å². The van der Waals surface area contributed by atoms with E-state index < -0.39 is 0 Å². The monoisotopic (exact) mass is 496 g/mol. The largest absolute Gasteiger partial charge is 0.115 e. The van der Waals surface area contributed by atoms with Gasteiger partial charge in [-0.1, -0.05) is 109 Å². The van der Waals surface area contributed by atoms with E-state index in [1.807, 2.05) is 0 Å². The first kappa shape index (κ1) is 26.1. The van der Waals surface area contributed by atoms with E-state index in [0.717, 1.165) is 24.3 Å². The van der Waals surface area contributed by atoms with Crippen molar-refractivity contribution >= 4 is 5.57 Å². The molecule has 0 amide bonds. The Morgan fingerprint density at radius 2 is 1.55 bits per heavy atom. The second kappa shape index (κ2) is 11.9. The number of benzene rings is 3. The Kier molecular flexibility index (Phi) is 8.14. The van der Waals surface area contributed by atoms with Crippen LogP contribution in [0.2, 0.25) is 0 Å². The van der Waals surface area contributed by atoms with Gasteiger partial charge in [0, 0.05) is 11.5 Å². The van der Waals surface area contributed by atoms with Gasteiger partial charge in [-0.15, -0.1) is 6.42 Å². The van der Waals surface area contributed by atoms with Gasteiger partial charge in [0.05, 0.1) is 0 Å². The molecule has 0 bridgehead atoms. The van der Waals surface area contributed by atoms with Gasteiger partial charge in [-0.2, -0.15) is 0 Å². The van der Waals surface area contributed by atoms with Crippen molar-refractivity contribution in [2.75, 3.05) is 0 Å². The molecule has 2 unspecified atom stereocenters. The summed E-state index contributed by atoms with van der Waals surface area (Å²) in [4.78, 5) is 0. The molecule has 5 rings (SSSR count). The molecule has 2 aliphatic carbocycles. The summed E-state index contributed by atoms with van der Waals surface area (Å²) in [5.74, 6) is 5.04. The van der Waals surface area contributed by atoms with Crippen molar-refractivity contribution < 1.29 is 0 Å². The molecule has 0 radical (unpaired) electrons. The predicted octanol–water partition coefficient (Wildman–Crippen LogP) is 9.50. The van der Waals surface area contributed by atoms with E-state index in [0.29, 0.717) is 17.8 Å². The Labute approximate surface area is 230 Å². The van der Waals surface area contributed by atoms with Crippen LogP contribution in [0.3, 0.4) is 0 Å². The second-order valence-corrected chi connectivity index (χ2v) is 11.6. The van der Waals surface area contributed by atoms with E-state index in [1.54, 1.807) is 0 Å². The van der Waals surface area contributed by atoms with Crippen molar-refractivity contribution in [2.45, 2.75) is 58.3 Å². The number of aryl methyl sites for hydroxylation is 1. The highest BCUT2D eigenvalue weighted by Crippen LogP contribution is 2.43. The lowest BCUT2D eigenvalue weighted by atomic mass is 9.69. The lowest BCUT2D eigenvalue weighted by Gasteiger charge is -2.36. The first-order valence-electron chi connectivity index (χ1n) is 14.3. The van der Waals surface area contributed by atoms with Crippen LogP contribution in [-0.2, 0) is 12.8 Å². The van der Waals surface area contributed by atoms with Gasteiger partial charge in [-0.05, 0) is 103 Å². The number of allylic oxidation sites excluding steroid dienone is 5. The number of rotatable bonds is 8. The lowest BCUT2D eigenvalue weighted by molar-refractivity contribution is 0.252. The first-order valence-corrected chi connectivity index (χ1v) is 14.3. The van der Waals surface area contributed by atoms with Crippen LogP contribution in [-0.4, -0.2) is 0 Å². The molecule has 1 fully saturated rings. The quantitative estimate of drug-likeness (QED) is 0.215. The predicted molar refractivity (Wildman–Crippen MR) is 163 cm³/mol. The lowest BCUT2D eigenvalue weighted by Crippen LogP contribution is -2.23. The highest BCUT2D eigenvalue weighted by molar-refractivity contribution is 5.76. The zero-order valence-electron chi connectivity index (χ0n) is 23.0. The zero-order chi connectivity index (χ0) is 26.5. The van der Waals surface area contributed by atoms with E-state index in [9.17, 15) is 0 Å². The summed E-state index contributed by atoms with van der Waals surface area (Å²) in [6.07, 6.45) is 19.6. The fourth-order valence-corrected chi connectivity index (χ4v) is 6.44. The normalized spacial score (nSPS) is 21.5. The molecule has 38 heavy (non-hydrogen) atoms. The summed E-state index contributed by atoms with van der Waals surface area (Å²) in [6.45, 7) is 9.09. The molecule has 192 valence electrons. The maximum atomic E-state index is 5.54. The summed E-state index contributed by atoms with van der Waals surface area (Å²) in [7, 11) is 0. The minimum atomic E-state index is 0.397. The molecule has 2 aliphatic rings. The Hall–Kier alpha value is -3.56. The third-order valence-electron chi connectivity index (χ3n) is 8.62. The Morgan fingerprint density at radius 3 is 2.16 bits per heavy atom. The fraction of sp³-hybridized carbons (Fsp3) is 0.316. The van der Waals surface area contributed by atoms with Crippen LogP contribution in [0, 0.1) is 37.0 Å². The van der Waals surface area contributed by atoms with Crippen molar-refractivity contribution in [2.24, 2.45) is 17.8 Å². The second-order valence-electron chi connectivity index (χ2n) is 11.6. The van der Waals surface area contributed by atoms with Crippen molar-refractivity contribution in [3.8, 4) is 12.3 Å². The molecular weight excluding hydrogens is 456 g/mol. The van der Waals surface area contributed by atoms with Gasteiger partial charge in [0.25, 0.3) is 0 Å². The summed E-state index contributed by atoms with van der Waals surface area (Å²) in [5.41, 5.74) is 10.5. The highest BCUT2D eigenvalue weighted by Gasteiger charge is 2.30. The summed E-state index contributed by atoms with van der Waals surface area (Å²) < 4.78 is 0. The maximum absolute atomic E-state index is 5.54. The average Bonchev–Trinajstić information content (AvgIpc) is 3.38. The summed E-state index contributed by atoms with van der Waals surface area (Å²) >= 11 is 0. The molecule has 0 spiro atoms. The molecule has 0 nitrogen and oxygen atoms in total. The van der Waals surface area contributed by atoms with Crippen LogP contribution in [0.5, 0.6) is 0 Å². The fourth-order valence-electron chi connectivity index (χ4n) is 6.44. The van der Waals surface area contributed by atoms with Crippen molar-refractivity contribution in [3.63, 3.8) is 0 Å². The summed E-state index contributed by atoms with van der Waals surface area (Å²) in [6, 6.07) is 26.9. The van der Waals surface area contributed by atoms with Gasteiger partial charge >= 0.3 is 0 Å². The SMILES string of the molecule is C#Cc1ccc(CC2CCC(C(C(=C)Cc3ccc(C)cc3)c3ccc(C4=CC(C)C=C4)cc3)CC2)cc1. The average molecular weight is 497 g/mol. The van der Waals surface area contributed by atoms with Crippen LogP contribution < -0.4 is 0 Å². The van der Waals surface area contributed by atoms with Gasteiger partial charge in [0.15, 0.2) is 0 Å². The van der Waals surface area contributed by atoms with Crippen LogP contribution in [0.25, 0.3) is 5.57 Å². The number of hydrogen-bond acceptors (Lipinski definition) is 0. The van der Waals surface area contributed by atoms with E-state index in [4.69, 9.17) is 13.0 Å². The molecule has 3 aromatic rings. The van der Waals surface area contributed by atoms with Gasteiger partial charge in [0.1, 0.15) is 0 Å². The van der Waals surface area contributed by atoms with Crippen LogP contribution in [0.4, 0.5) is 0 Å². The zero-order valence-corrected chi connectivity index (χ0v) is 23.0. The number of terminal acetylenes is 1. The summed E-state index contributed by atoms with van der Waals surface area (Å²) in [5, 5.41) is 0. The smallest absolute Gasteiger partial charge is 0.0242 e. The minimum absolute atomic E-state index is 0.397. The molecule has 0 heteroatoms. The first-order chi connectivity index (χ1) is 18.5. The molecule has 0 aromatic heterocycles. The molecule has 1 saturated carbocycles. The van der Waals surface area contributed by atoms with Crippen LogP contribution >= 0.6 is 0 Å². The Morgan fingerprint density at radius 1 is 0.895 bits per heavy atom. The third kappa shape index (κ3) is 6.28. The molecule has 0 heterocycles. The van der Waals surface area contributed by atoms with Crippen molar-refractivity contribution in [1.82, 2.24) is 0 Å². The Bertz CT molecular complexity index is 1330. The van der Waals surface area contributed by atoms with E-state index in [-0.39, 0.29) is 0 Å². The van der Waals surface area contributed by atoms with Crippen LogP contribution in [0.1, 0.15) is 71.9 Å². The van der Waals surface area contributed by atoms with Gasteiger partial charge in [-0.25, -0.2) is 0 Å². The topological polar surface area (TPSA) is 0 Å². The van der Waals surface area contributed by atoms with E-state index in [1.165, 1.54) is 64.6 Å². The van der Waals surface area contributed by atoms with E-state index >= 15 is 0 Å². The minimum Gasteiger partial charge on any atom is -0.115 e. The van der Waals surface area contributed by atoms with Gasteiger partial charge in [-0.3, -0.25) is 0 Å². The number of hydrogen-bond donors (Lipinski definition) is 0. The Balaban J connectivity index is 1.31. The van der Waals surface area contributed by atoms with Crippen LogP contribution in [0.15, 0.2) is 103 Å². The van der Waals surface area contributed by atoms with Crippen molar-refractivity contribution in [3.05, 3.63) is 137 Å². The molecule has 0 N–H and O–H groups in total. The van der Waals surface area contributed by atoms with E-state index in [2.05, 4.69) is 111 Å². The van der Waals surface area contributed by atoms with Gasteiger partial charge < -0.3 is 0 Å². The molecule has 3 aromatic carbocycles. The third-order valence-corrected chi connectivity index (χ3v) is 8.62. The molecule has 2 atom stereocenters. The molecule has 0 saturated heterocycles. The van der Waals surface area contributed by atoms with Crippen molar-refractivity contribution in [1.29, 1.82) is 0 Å².